The van der Waals surface area contributed by atoms with E-state index in [9.17, 15) is 13.6 Å². The summed E-state index contributed by atoms with van der Waals surface area (Å²) in [6, 6.07) is 8.37. The topological polar surface area (TPSA) is 26.3 Å². The molecule has 4 heteroatoms. The molecule has 0 atom stereocenters. The van der Waals surface area contributed by atoms with Crippen LogP contribution in [0.25, 0.3) is 0 Å². The molecule has 0 aromatic heterocycles. The third-order valence-electron chi connectivity index (χ3n) is 2.84. The average molecular weight is 262 g/mol. The molecule has 0 saturated carbocycles. The fourth-order valence-electron chi connectivity index (χ4n) is 1.80. The van der Waals surface area contributed by atoms with E-state index in [2.05, 4.69) is 0 Å². The van der Waals surface area contributed by atoms with E-state index in [4.69, 9.17) is 4.74 Å². The van der Waals surface area contributed by atoms with Gasteiger partial charge < -0.3 is 4.74 Å². The van der Waals surface area contributed by atoms with E-state index >= 15 is 0 Å². The predicted molar refractivity (Wildman–Crippen MR) is 67.5 cm³/mol. The SMILES string of the molecule is COc1ccccc1C(=O)c1cc(F)c(C)cc1F. The minimum atomic E-state index is -0.741. The van der Waals surface area contributed by atoms with Gasteiger partial charge in [0.25, 0.3) is 0 Å². The van der Waals surface area contributed by atoms with Gasteiger partial charge in [0.15, 0.2) is 5.78 Å². The van der Waals surface area contributed by atoms with Crippen molar-refractivity contribution in [3.05, 3.63) is 64.7 Å². The maximum atomic E-state index is 13.8. The van der Waals surface area contributed by atoms with Gasteiger partial charge in [-0.2, -0.15) is 0 Å². The molecule has 0 aliphatic rings. The molecule has 0 radical (unpaired) electrons. The van der Waals surface area contributed by atoms with Crippen molar-refractivity contribution in [1.29, 1.82) is 0 Å². The smallest absolute Gasteiger partial charge is 0.199 e. The number of rotatable bonds is 3. The molecule has 0 spiro atoms. The summed E-state index contributed by atoms with van der Waals surface area (Å²) in [5.41, 5.74) is 0.0637. The molecule has 0 bridgehead atoms. The van der Waals surface area contributed by atoms with Crippen molar-refractivity contribution < 1.29 is 18.3 Å². The number of para-hydroxylation sites is 1. The lowest BCUT2D eigenvalue weighted by Gasteiger charge is -2.08. The number of benzene rings is 2. The maximum Gasteiger partial charge on any atom is 0.199 e. The fraction of sp³-hybridized carbons (Fsp3) is 0.133. The van der Waals surface area contributed by atoms with E-state index in [1.807, 2.05) is 0 Å². The number of hydrogen-bond acceptors (Lipinski definition) is 2. The highest BCUT2D eigenvalue weighted by atomic mass is 19.1. The molecule has 0 saturated heterocycles. The van der Waals surface area contributed by atoms with Crippen molar-refractivity contribution in [2.75, 3.05) is 7.11 Å². The highest BCUT2D eigenvalue weighted by molar-refractivity contribution is 6.10. The maximum absolute atomic E-state index is 13.8. The molecular formula is C15H12F2O2. The van der Waals surface area contributed by atoms with E-state index in [1.54, 1.807) is 18.2 Å². The normalized spacial score (nSPS) is 10.3. The molecule has 2 aromatic carbocycles. The van der Waals surface area contributed by atoms with Crippen LogP contribution in [-0.2, 0) is 0 Å². The molecule has 0 aliphatic heterocycles. The molecule has 2 rings (SSSR count). The Balaban J connectivity index is 2.53. The van der Waals surface area contributed by atoms with Crippen LogP contribution in [0.5, 0.6) is 5.75 Å². The molecule has 2 nitrogen and oxygen atoms in total. The Morgan fingerprint density at radius 1 is 1.05 bits per heavy atom. The van der Waals surface area contributed by atoms with Crippen LogP contribution in [-0.4, -0.2) is 12.9 Å². The average Bonchev–Trinajstić information content (AvgIpc) is 2.42. The van der Waals surface area contributed by atoms with Crippen LogP contribution in [0.4, 0.5) is 8.78 Å². The molecule has 0 amide bonds. The zero-order valence-corrected chi connectivity index (χ0v) is 10.5. The summed E-state index contributed by atoms with van der Waals surface area (Å²) in [5.74, 6) is -1.63. The van der Waals surface area contributed by atoms with Gasteiger partial charge in [0.1, 0.15) is 17.4 Å². The molecule has 2 aromatic rings. The van der Waals surface area contributed by atoms with Crippen molar-refractivity contribution in [3.8, 4) is 5.75 Å². The summed E-state index contributed by atoms with van der Waals surface area (Å²) in [6.07, 6.45) is 0. The lowest BCUT2D eigenvalue weighted by Crippen LogP contribution is -2.07. The molecule has 0 fully saturated rings. The second-order valence-corrected chi connectivity index (χ2v) is 4.11. The third kappa shape index (κ3) is 2.47. The number of hydrogen-bond donors (Lipinski definition) is 0. The fourth-order valence-corrected chi connectivity index (χ4v) is 1.80. The van der Waals surface area contributed by atoms with E-state index < -0.39 is 17.4 Å². The summed E-state index contributed by atoms with van der Waals surface area (Å²) >= 11 is 0. The number of ketones is 1. The monoisotopic (exact) mass is 262 g/mol. The van der Waals surface area contributed by atoms with Gasteiger partial charge in [-0.05, 0) is 36.8 Å². The van der Waals surface area contributed by atoms with Crippen molar-refractivity contribution in [2.45, 2.75) is 6.92 Å². The Labute approximate surface area is 109 Å². The van der Waals surface area contributed by atoms with Gasteiger partial charge in [0.2, 0.25) is 0 Å². The number of ether oxygens (including phenoxy) is 1. The quantitative estimate of drug-likeness (QED) is 0.791. The zero-order chi connectivity index (χ0) is 14.0. The lowest BCUT2D eigenvalue weighted by molar-refractivity contribution is 0.103. The summed E-state index contributed by atoms with van der Waals surface area (Å²) in [4.78, 5) is 12.2. The summed E-state index contributed by atoms with van der Waals surface area (Å²) < 4.78 is 32.3. The highest BCUT2D eigenvalue weighted by Crippen LogP contribution is 2.23. The van der Waals surface area contributed by atoms with Crippen LogP contribution in [0.2, 0.25) is 0 Å². The summed E-state index contributed by atoms with van der Waals surface area (Å²) in [6.45, 7) is 1.44. The van der Waals surface area contributed by atoms with Gasteiger partial charge in [-0.3, -0.25) is 4.79 Å². The van der Waals surface area contributed by atoms with E-state index in [1.165, 1.54) is 20.1 Å². The molecular weight excluding hydrogens is 250 g/mol. The molecule has 0 N–H and O–H groups in total. The van der Waals surface area contributed by atoms with E-state index in [0.29, 0.717) is 5.75 Å². The van der Waals surface area contributed by atoms with Gasteiger partial charge >= 0.3 is 0 Å². The van der Waals surface area contributed by atoms with Crippen LogP contribution in [0, 0.1) is 18.6 Å². The number of aryl methyl sites for hydroxylation is 1. The first-order chi connectivity index (χ1) is 9.04. The van der Waals surface area contributed by atoms with Gasteiger partial charge in [0, 0.05) is 0 Å². The largest absolute Gasteiger partial charge is 0.496 e. The molecule has 0 aliphatic carbocycles. The summed E-state index contributed by atoms with van der Waals surface area (Å²) in [5, 5.41) is 0. The Morgan fingerprint density at radius 3 is 2.42 bits per heavy atom. The van der Waals surface area contributed by atoms with E-state index in [-0.39, 0.29) is 16.7 Å². The Bertz CT molecular complexity index is 636. The second kappa shape index (κ2) is 5.18. The number of carbonyl (C=O) groups excluding carboxylic acids is 1. The third-order valence-corrected chi connectivity index (χ3v) is 2.84. The molecule has 98 valence electrons. The van der Waals surface area contributed by atoms with Crippen LogP contribution in [0.1, 0.15) is 21.5 Å². The van der Waals surface area contributed by atoms with Gasteiger partial charge in [-0.1, -0.05) is 12.1 Å². The van der Waals surface area contributed by atoms with Crippen LogP contribution >= 0.6 is 0 Å². The van der Waals surface area contributed by atoms with Crippen LogP contribution in [0.3, 0.4) is 0 Å². The Hall–Kier alpha value is -2.23. The molecule has 19 heavy (non-hydrogen) atoms. The first-order valence-corrected chi connectivity index (χ1v) is 5.68. The van der Waals surface area contributed by atoms with Crippen molar-refractivity contribution in [2.24, 2.45) is 0 Å². The highest BCUT2D eigenvalue weighted by Gasteiger charge is 2.19. The minimum Gasteiger partial charge on any atom is -0.496 e. The van der Waals surface area contributed by atoms with Gasteiger partial charge in [-0.25, -0.2) is 8.78 Å². The van der Waals surface area contributed by atoms with Gasteiger partial charge in [0.05, 0.1) is 18.2 Å². The number of methoxy groups -OCH3 is 1. The van der Waals surface area contributed by atoms with Gasteiger partial charge in [-0.15, -0.1) is 0 Å². The summed E-state index contributed by atoms with van der Waals surface area (Å²) in [7, 11) is 1.41. The van der Waals surface area contributed by atoms with Crippen LogP contribution < -0.4 is 4.74 Å². The standard InChI is InChI=1S/C15H12F2O2/c1-9-7-13(17)11(8-12(9)16)15(18)10-5-3-4-6-14(10)19-2/h3-8H,1-2H3. The first kappa shape index (κ1) is 13.2. The van der Waals surface area contributed by atoms with Crippen molar-refractivity contribution >= 4 is 5.78 Å². The number of halogens is 2. The second-order valence-electron chi connectivity index (χ2n) is 4.11. The van der Waals surface area contributed by atoms with E-state index in [0.717, 1.165) is 12.1 Å². The van der Waals surface area contributed by atoms with Crippen LogP contribution in [0.15, 0.2) is 36.4 Å². The Kier molecular flexibility index (Phi) is 3.60. The Morgan fingerprint density at radius 2 is 1.74 bits per heavy atom. The lowest BCUT2D eigenvalue weighted by atomic mass is 10.0. The molecule has 0 heterocycles. The zero-order valence-electron chi connectivity index (χ0n) is 10.5. The van der Waals surface area contributed by atoms with Crippen molar-refractivity contribution in [1.82, 2.24) is 0 Å². The minimum absolute atomic E-state index is 0.161. The molecule has 0 unspecified atom stereocenters. The number of carbonyl (C=O) groups is 1. The predicted octanol–water partition coefficient (Wildman–Crippen LogP) is 3.51. The van der Waals surface area contributed by atoms with Crippen molar-refractivity contribution in [3.63, 3.8) is 0 Å². The first-order valence-electron chi connectivity index (χ1n) is 5.68.